The van der Waals surface area contributed by atoms with Gasteiger partial charge in [0.05, 0.1) is 6.61 Å². The van der Waals surface area contributed by atoms with Gasteiger partial charge in [-0.15, -0.1) is 0 Å². The summed E-state index contributed by atoms with van der Waals surface area (Å²) < 4.78 is 17.9. The Hall–Kier alpha value is -1.05. The molecule has 2 heteroatoms. The number of halogens is 1. The molecule has 0 heterocycles. The van der Waals surface area contributed by atoms with Crippen molar-refractivity contribution in [2.45, 2.75) is 13.8 Å². The predicted octanol–water partition coefficient (Wildman–Crippen LogP) is 2.53. The van der Waals surface area contributed by atoms with Crippen LogP contribution in [0.25, 0.3) is 0 Å². The molecular weight excluding hydrogens is 143 g/mol. The van der Waals surface area contributed by atoms with Crippen LogP contribution in [0.15, 0.2) is 18.2 Å². The second-order valence-electron chi connectivity index (χ2n) is 2.34. The first-order valence-corrected chi connectivity index (χ1v) is 3.63. The average molecular weight is 154 g/mol. The molecule has 0 saturated heterocycles. The van der Waals surface area contributed by atoms with Gasteiger partial charge in [-0.3, -0.25) is 0 Å². The first kappa shape index (κ1) is 8.05. The number of rotatable bonds is 2. The summed E-state index contributed by atoms with van der Waals surface area (Å²) in [6, 6.07) is 4.74. The fourth-order valence-electron chi connectivity index (χ4n) is 0.874. The third kappa shape index (κ3) is 1.93. The van der Waals surface area contributed by atoms with E-state index in [-0.39, 0.29) is 5.82 Å². The quantitative estimate of drug-likeness (QED) is 0.636. The Labute approximate surface area is 65.8 Å². The monoisotopic (exact) mass is 154 g/mol. The molecule has 0 amide bonds. The minimum atomic E-state index is -0.187. The van der Waals surface area contributed by atoms with Gasteiger partial charge in [0.25, 0.3) is 0 Å². The van der Waals surface area contributed by atoms with Crippen LogP contribution in [0.3, 0.4) is 0 Å². The minimum absolute atomic E-state index is 0.187. The van der Waals surface area contributed by atoms with Gasteiger partial charge < -0.3 is 4.74 Å². The Morgan fingerprint density at radius 2 is 2.18 bits per heavy atom. The molecule has 0 radical (unpaired) electrons. The fourth-order valence-corrected chi connectivity index (χ4v) is 0.874. The molecule has 0 fully saturated rings. The Kier molecular flexibility index (Phi) is 2.47. The van der Waals surface area contributed by atoms with Gasteiger partial charge in [0.15, 0.2) is 0 Å². The van der Waals surface area contributed by atoms with E-state index in [1.54, 1.807) is 19.1 Å². The van der Waals surface area contributed by atoms with E-state index >= 15 is 0 Å². The van der Waals surface area contributed by atoms with Gasteiger partial charge in [-0.1, -0.05) is 0 Å². The Balaban J connectivity index is 2.86. The van der Waals surface area contributed by atoms with E-state index in [1.807, 2.05) is 6.92 Å². The normalized spacial score (nSPS) is 9.73. The lowest BCUT2D eigenvalue weighted by Gasteiger charge is -2.03. The van der Waals surface area contributed by atoms with E-state index in [2.05, 4.69) is 0 Å². The lowest BCUT2D eigenvalue weighted by Crippen LogP contribution is -1.92. The maximum absolute atomic E-state index is 12.7. The predicted molar refractivity (Wildman–Crippen MR) is 42.3 cm³/mol. The van der Waals surface area contributed by atoms with Crippen LogP contribution in [0, 0.1) is 12.7 Å². The second-order valence-corrected chi connectivity index (χ2v) is 2.34. The van der Waals surface area contributed by atoms with Crippen LogP contribution in [0.2, 0.25) is 0 Å². The highest BCUT2D eigenvalue weighted by atomic mass is 19.1. The lowest BCUT2D eigenvalue weighted by molar-refractivity contribution is 0.339. The van der Waals surface area contributed by atoms with E-state index in [4.69, 9.17) is 4.74 Å². The molecule has 0 spiro atoms. The Morgan fingerprint density at radius 3 is 2.73 bits per heavy atom. The van der Waals surface area contributed by atoms with Crippen LogP contribution in [-0.4, -0.2) is 6.61 Å². The van der Waals surface area contributed by atoms with Crippen LogP contribution in [0.5, 0.6) is 5.75 Å². The van der Waals surface area contributed by atoms with Crippen LogP contribution in [0.1, 0.15) is 12.5 Å². The maximum atomic E-state index is 12.7. The molecule has 0 aliphatic heterocycles. The maximum Gasteiger partial charge on any atom is 0.126 e. The molecule has 0 saturated carbocycles. The lowest BCUT2D eigenvalue weighted by atomic mass is 10.2. The average Bonchev–Trinajstić information content (AvgIpc) is 1.98. The highest BCUT2D eigenvalue weighted by molar-refractivity contribution is 5.28. The molecule has 0 aliphatic rings. The molecule has 60 valence electrons. The Morgan fingerprint density at radius 1 is 1.45 bits per heavy atom. The zero-order chi connectivity index (χ0) is 8.27. The van der Waals surface area contributed by atoms with Gasteiger partial charge >= 0.3 is 0 Å². The van der Waals surface area contributed by atoms with Gasteiger partial charge in [-0.05, 0) is 37.6 Å². The zero-order valence-electron chi connectivity index (χ0n) is 6.73. The number of hydrogen-bond donors (Lipinski definition) is 0. The largest absolute Gasteiger partial charge is 0.494 e. The summed E-state index contributed by atoms with van der Waals surface area (Å²) in [5.74, 6) is 0.542. The molecule has 11 heavy (non-hydrogen) atoms. The highest BCUT2D eigenvalue weighted by Gasteiger charge is 1.97. The molecule has 1 nitrogen and oxygen atoms in total. The fraction of sp³-hybridized carbons (Fsp3) is 0.333. The summed E-state index contributed by atoms with van der Waals surface area (Å²) >= 11 is 0. The third-order valence-electron chi connectivity index (χ3n) is 1.44. The van der Waals surface area contributed by atoms with Gasteiger partial charge in [0, 0.05) is 0 Å². The van der Waals surface area contributed by atoms with Crippen molar-refractivity contribution < 1.29 is 9.13 Å². The molecular formula is C9H11FO. The topological polar surface area (TPSA) is 9.23 Å². The van der Waals surface area contributed by atoms with Crippen molar-refractivity contribution in [1.82, 2.24) is 0 Å². The summed E-state index contributed by atoms with van der Waals surface area (Å²) in [6.45, 7) is 4.24. The van der Waals surface area contributed by atoms with E-state index in [9.17, 15) is 4.39 Å². The van der Waals surface area contributed by atoms with E-state index in [0.717, 1.165) is 5.75 Å². The smallest absolute Gasteiger partial charge is 0.126 e. The van der Waals surface area contributed by atoms with Crippen molar-refractivity contribution in [2.24, 2.45) is 0 Å². The van der Waals surface area contributed by atoms with Gasteiger partial charge in [0.1, 0.15) is 11.6 Å². The molecule has 0 aliphatic carbocycles. The van der Waals surface area contributed by atoms with E-state index in [0.29, 0.717) is 12.2 Å². The molecule has 0 aromatic heterocycles. The molecule has 0 atom stereocenters. The molecule has 0 N–H and O–H groups in total. The molecule has 0 unspecified atom stereocenters. The Bertz CT molecular complexity index is 245. The van der Waals surface area contributed by atoms with Crippen LogP contribution >= 0.6 is 0 Å². The van der Waals surface area contributed by atoms with Crippen molar-refractivity contribution in [1.29, 1.82) is 0 Å². The zero-order valence-corrected chi connectivity index (χ0v) is 6.73. The highest BCUT2D eigenvalue weighted by Crippen LogP contribution is 2.15. The third-order valence-corrected chi connectivity index (χ3v) is 1.44. The van der Waals surface area contributed by atoms with Crippen molar-refractivity contribution in [3.8, 4) is 5.75 Å². The first-order chi connectivity index (χ1) is 5.24. The van der Waals surface area contributed by atoms with Crippen LogP contribution in [0.4, 0.5) is 4.39 Å². The summed E-state index contributed by atoms with van der Waals surface area (Å²) in [5.41, 5.74) is 0.621. The van der Waals surface area contributed by atoms with Crippen molar-refractivity contribution in [3.05, 3.63) is 29.6 Å². The van der Waals surface area contributed by atoms with Crippen LogP contribution in [-0.2, 0) is 0 Å². The first-order valence-electron chi connectivity index (χ1n) is 3.63. The van der Waals surface area contributed by atoms with Crippen molar-refractivity contribution in [3.63, 3.8) is 0 Å². The second kappa shape index (κ2) is 3.37. The van der Waals surface area contributed by atoms with Crippen molar-refractivity contribution in [2.75, 3.05) is 6.61 Å². The number of aryl methyl sites for hydroxylation is 1. The standard InChI is InChI=1S/C9H11FO/c1-3-11-8-4-5-9(10)7(2)6-8/h4-6H,3H2,1-2H3. The number of ether oxygens (including phenoxy) is 1. The molecule has 0 bridgehead atoms. The SMILES string of the molecule is CCOc1ccc(F)c(C)c1. The summed E-state index contributed by atoms with van der Waals surface area (Å²) in [4.78, 5) is 0. The van der Waals surface area contributed by atoms with Gasteiger partial charge in [0.2, 0.25) is 0 Å². The summed E-state index contributed by atoms with van der Waals surface area (Å²) in [7, 11) is 0. The van der Waals surface area contributed by atoms with E-state index in [1.165, 1.54) is 6.07 Å². The van der Waals surface area contributed by atoms with E-state index < -0.39 is 0 Å². The van der Waals surface area contributed by atoms with Crippen molar-refractivity contribution >= 4 is 0 Å². The number of benzene rings is 1. The summed E-state index contributed by atoms with van der Waals surface area (Å²) in [6.07, 6.45) is 0. The van der Waals surface area contributed by atoms with Gasteiger partial charge in [-0.2, -0.15) is 0 Å². The molecule has 1 aromatic rings. The number of hydrogen-bond acceptors (Lipinski definition) is 1. The van der Waals surface area contributed by atoms with Crippen LogP contribution < -0.4 is 4.74 Å². The minimum Gasteiger partial charge on any atom is -0.494 e. The summed E-state index contributed by atoms with van der Waals surface area (Å²) in [5, 5.41) is 0. The van der Waals surface area contributed by atoms with Gasteiger partial charge in [-0.25, -0.2) is 4.39 Å². The molecule has 1 aromatic carbocycles. The molecule has 1 rings (SSSR count).